The number of Topliss-reactive ketones (excluding diaryl/α,β-unsaturated/α-hetero) is 1. The monoisotopic (exact) mass is 628 g/mol. The summed E-state index contributed by atoms with van der Waals surface area (Å²) in [5.41, 5.74) is -3.95. The van der Waals surface area contributed by atoms with Crippen molar-refractivity contribution in [1.29, 1.82) is 0 Å². The largest absolute Gasteiger partial charge is 0.481 e. The van der Waals surface area contributed by atoms with Crippen LogP contribution < -0.4 is 0 Å². The van der Waals surface area contributed by atoms with Gasteiger partial charge in [-0.15, -0.1) is 0 Å². The minimum absolute atomic E-state index is 0.0481. The van der Waals surface area contributed by atoms with Crippen LogP contribution in [0.4, 0.5) is 13.2 Å². The number of nitrogens with zero attached hydrogens (tertiary/aromatic N) is 2. The quantitative estimate of drug-likeness (QED) is 0.110. The number of halogens is 5. The highest BCUT2D eigenvalue weighted by molar-refractivity contribution is 6.40. The predicted octanol–water partition coefficient (Wildman–Crippen LogP) is 8.12. The number of hydrogen-bond acceptors (Lipinski definition) is 4. The molecule has 2 fully saturated rings. The number of benzene rings is 1. The van der Waals surface area contributed by atoms with Crippen molar-refractivity contribution in [3.05, 3.63) is 57.7 Å². The van der Waals surface area contributed by atoms with Gasteiger partial charge in [-0.2, -0.15) is 0 Å². The molecule has 1 aromatic carbocycles. The summed E-state index contributed by atoms with van der Waals surface area (Å²) in [6.45, 7) is 4.63. The van der Waals surface area contributed by atoms with Gasteiger partial charge in [0.15, 0.2) is 5.78 Å². The van der Waals surface area contributed by atoms with Crippen molar-refractivity contribution in [2.24, 2.45) is 16.3 Å². The highest BCUT2D eigenvalue weighted by Gasteiger charge is 2.41. The average Bonchev–Trinajstić information content (AvgIpc) is 3.34. The zero-order valence-corrected chi connectivity index (χ0v) is 25.4. The van der Waals surface area contributed by atoms with E-state index in [0.717, 1.165) is 11.1 Å². The van der Waals surface area contributed by atoms with Crippen LogP contribution in [0, 0.1) is 11.3 Å². The molecule has 230 valence electrons. The van der Waals surface area contributed by atoms with Crippen LogP contribution in [0.25, 0.3) is 0 Å². The number of aliphatic imine (C=N–C) groups is 1. The van der Waals surface area contributed by atoms with Gasteiger partial charge in [-0.05, 0) is 69.9 Å². The average molecular weight is 630 g/mol. The minimum atomic E-state index is -3.50. The molecule has 1 aromatic rings. The fourth-order valence-corrected chi connectivity index (χ4v) is 6.10. The maximum atomic E-state index is 15.6. The zero-order chi connectivity index (χ0) is 31.3. The van der Waals surface area contributed by atoms with E-state index in [2.05, 4.69) is 11.6 Å². The predicted molar refractivity (Wildman–Crippen MR) is 158 cm³/mol. The Labute approximate surface area is 254 Å². The smallest absolute Gasteiger partial charge is 0.309 e. The first-order valence-electron chi connectivity index (χ1n) is 14.0. The van der Waals surface area contributed by atoms with Crippen LogP contribution in [0.3, 0.4) is 0 Å². The van der Waals surface area contributed by atoms with Crippen molar-refractivity contribution >= 4 is 47.1 Å². The minimum Gasteiger partial charge on any atom is -0.481 e. The third-order valence-electron chi connectivity index (χ3n) is 8.40. The second-order valence-electron chi connectivity index (χ2n) is 11.8. The fraction of sp³-hybridized carbons (Fsp3) is 0.548. The highest BCUT2D eigenvalue weighted by atomic mass is 35.5. The molecule has 0 heterocycles. The molecule has 0 unspecified atom stereocenters. The molecule has 6 nitrogen and oxygen atoms in total. The van der Waals surface area contributed by atoms with Gasteiger partial charge in [0.25, 0.3) is 11.8 Å². The first-order valence-corrected chi connectivity index (χ1v) is 14.8. The molecule has 0 atom stereocenters. The van der Waals surface area contributed by atoms with Gasteiger partial charge in [-0.3, -0.25) is 19.4 Å². The van der Waals surface area contributed by atoms with Crippen LogP contribution in [0.5, 0.6) is 0 Å². The molecule has 0 bridgehead atoms. The van der Waals surface area contributed by atoms with Gasteiger partial charge in [0.2, 0.25) is 0 Å². The Hall–Kier alpha value is -2.65. The normalized spacial score (nSPS) is 22.7. The molecule has 0 saturated heterocycles. The molecule has 3 rings (SSSR count). The van der Waals surface area contributed by atoms with Crippen LogP contribution in [0.1, 0.15) is 82.0 Å². The summed E-state index contributed by atoms with van der Waals surface area (Å²) in [6, 6.07) is 4.45. The molecule has 0 aliphatic heterocycles. The summed E-state index contributed by atoms with van der Waals surface area (Å²) in [7, 11) is 0. The molecule has 0 radical (unpaired) electrons. The molecule has 11 heteroatoms. The zero-order valence-electron chi connectivity index (χ0n) is 23.9. The number of carbonyl (C=O) groups excluding carboxylic acids is 2. The van der Waals surface area contributed by atoms with Crippen molar-refractivity contribution in [1.82, 2.24) is 4.90 Å². The van der Waals surface area contributed by atoms with E-state index in [0.29, 0.717) is 51.9 Å². The maximum absolute atomic E-state index is 15.6. The van der Waals surface area contributed by atoms with E-state index in [1.54, 1.807) is 13.0 Å². The molecule has 0 spiro atoms. The lowest BCUT2D eigenvalue weighted by Gasteiger charge is -2.33. The van der Waals surface area contributed by atoms with Gasteiger partial charge >= 0.3 is 5.97 Å². The molecular formula is C31H37Cl2F3N2O4. The highest BCUT2D eigenvalue weighted by Crippen LogP contribution is 2.40. The van der Waals surface area contributed by atoms with E-state index in [9.17, 15) is 28.3 Å². The van der Waals surface area contributed by atoms with Gasteiger partial charge < -0.3 is 10.0 Å². The molecule has 2 saturated carbocycles. The van der Waals surface area contributed by atoms with Crippen LogP contribution >= 0.6 is 23.2 Å². The molecule has 2 aliphatic rings. The van der Waals surface area contributed by atoms with E-state index < -0.39 is 58.9 Å². The lowest BCUT2D eigenvalue weighted by atomic mass is 9.71. The second kappa shape index (κ2) is 13.8. The summed E-state index contributed by atoms with van der Waals surface area (Å²) < 4.78 is 44.5. The van der Waals surface area contributed by atoms with Crippen molar-refractivity contribution in [3.8, 4) is 0 Å². The molecule has 1 N–H and O–H groups in total. The third-order valence-corrected chi connectivity index (χ3v) is 9.03. The Balaban J connectivity index is 1.87. The first-order chi connectivity index (χ1) is 19.6. The van der Waals surface area contributed by atoms with Crippen molar-refractivity contribution in [2.75, 3.05) is 13.1 Å². The number of carboxylic acid groups (broad SMARTS) is 1. The van der Waals surface area contributed by atoms with Crippen LogP contribution in [0.2, 0.25) is 10.0 Å². The summed E-state index contributed by atoms with van der Waals surface area (Å²) in [5.74, 6) is -5.83. The number of ketones is 1. The van der Waals surface area contributed by atoms with Gasteiger partial charge in [-0.1, -0.05) is 48.7 Å². The number of hydrogen-bond donors (Lipinski definition) is 1. The first kappa shape index (κ1) is 33.8. The Morgan fingerprint density at radius 2 is 1.71 bits per heavy atom. The summed E-state index contributed by atoms with van der Waals surface area (Å²) in [5, 5.41) is 9.52. The molecule has 42 heavy (non-hydrogen) atoms. The number of aliphatic carboxylic acids is 1. The van der Waals surface area contributed by atoms with E-state index in [1.165, 1.54) is 18.3 Å². The van der Waals surface area contributed by atoms with E-state index in [4.69, 9.17) is 23.2 Å². The number of rotatable bonds is 12. The second-order valence-corrected chi connectivity index (χ2v) is 12.6. The van der Waals surface area contributed by atoms with Crippen LogP contribution in [-0.4, -0.2) is 58.6 Å². The van der Waals surface area contributed by atoms with E-state index in [-0.39, 0.29) is 34.4 Å². The van der Waals surface area contributed by atoms with E-state index >= 15 is 4.39 Å². The number of alkyl halides is 3. The van der Waals surface area contributed by atoms with Gasteiger partial charge in [0.05, 0.1) is 39.7 Å². The SMILES string of the molecule is C=C(/C(=C\N=CCC1CCC(C)(C(=O)O)CC1)C(=O)N(CC(=O)c1c(Cl)cccc1Cl)CC1(F)CCCC1)C(C)(F)F. The molecule has 1 amide bonds. The Morgan fingerprint density at radius 3 is 2.24 bits per heavy atom. The van der Waals surface area contributed by atoms with Crippen molar-refractivity contribution in [2.45, 2.75) is 83.2 Å². The summed E-state index contributed by atoms with van der Waals surface area (Å²) in [6.07, 6.45) is 6.84. The molecular weight excluding hydrogens is 592 g/mol. The number of carboxylic acids is 1. The lowest BCUT2D eigenvalue weighted by Crippen LogP contribution is -2.45. The lowest BCUT2D eigenvalue weighted by molar-refractivity contribution is -0.150. The maximum Gasteiger partial charge on any atom is 0.309 e. The van der Waals surface area contributed by atoms with Crippen LogP contribution in [0.15, 0.2) is 47.1 Å². The van der Waals surface area contributed by atoms with Gasteiger partial charge in [-0.25, -0.2) is 13.2 Å². The number of amides is 1. The topological polar surface area (TPSA) is 87.0 Å². The summed E-state index contributed by atoms with van der Waals surface area (Å²) in [4.78, 5) is 43.6. The fourth-order valence-electron chi connectivity index (χ4n) is 5.50. The Bertz CT molecular complexity index is 1240. The molecule has 2 aliphatic carbocycles. The van der Waals surface area contributed by atoms with Crippen molar-refractivity contribution in [3.63, 3.8) is 0 Å². The standard InChI is InChI=1S/C31H37Cl2F3N2O4/c1-20(30(3,34)35)22(17-37-16-11-21-9-14-29(2,15-10-21)28(41)42)27(40)38(19-31(36)12-4-5-13-31)18-25(39)26-23(32)7-6-8-24(26)33/h6-8,16-17,21H,1,4-5,9-15,18-19H2,2-3H3,(H,41,42)/b22-17+,37-16?. The van der Waals surface area contributed by atoms with Crippen LogP contribution in [-0.2, 0) is 9.59 Å². The number of carbonyl (C=O) groups is 3. The van der Waals surface area contributed by atoms with Crippen molar-refractivity contribution < 1.29 is 32.7 Å². The third kappa shape index (κ3) is 8.47. The summed E-state index contributed by atoms with van der Waals surface area (Å²) >= 11 is 12.4. The Morgan fingerprint density at radius 1 is 1.14 bits per heavy atom. The Kier molecular flexibility index (Phi) is 11.1. The van der Waals surface area contributed by atoms with Gasteiger partial charge in [0, 0.05) is 24.9 Å². The van der Waals surface area contributed by atoms with E-state index in [1.807, 2.05) is 0 Å². The van der Waals surface area contributed by atoms with Gasteiger partial charge in [0.1, 0.15) is 5.67 Å². The molecule has 0 aromatic heterocycles.